The molecular weight excluding hydrogens is 340 g/mol. The molecule has 0 aliphatic carbocycles. The van der Waals surface area contributed by atoms with Crippen molar-refractivity contribution in [3.05, 3.63) is 59.2 Å². The number of carbonyl (C=O) groups is 1. The molecule has 0 atom stereocenters. The van der Waals surface area contributed by atoms with Crippen molar-refractivity contribution >= 4 is 17.7 Å². The summed E-state index contributed by atoms with van der Waals surface area (Å²) < 4.78 is 10.6. The maximum Gasteiger partial charge on any atom is 0.248 e. The average molecular weight is 364 g/mol. The number of nitrogens with one attached hydrogen (secondary N) is 1. The van der Waals surface area contributed by atoms with Crippen LogP contribution in [-0.4, -0.2) is 19.6 Å². The molecule has 0 aliphatic rings. The number of rotatable bonds is 8. The molecule has 0 fully saturated rings. The van der Waals surface area contributed by atoms with Gasteiger partial charge in [0, 0.05) is 11.8 Å². The van der Waals surface area contributed by atoms with E-state index in [0.717, 1.165) is 35.2 Å². The Balaban J connectivity index is 2.15. The topological polar surface area (TPSA) is 71.3 Å². The Morgan fingerprint density at radius 1 is 1.15 bits per heavy atom. The van der Waals surface area contributed by atoms with Gasteiger partial charge in [0.2, 0.25) is 5.91 Å². The molecular formula is C22H24N2O3. The van der Waals surface area contributed by atoms with Gasteiger partial charge in [-0.1, -0.05) is 38.1 Å². The average Bonchev–Trinajstić information content (AvgIpc) is 2.71. The van der Waals surface area contributed by atoms with Crippen LogP contribution in [-0.2, 0) is 17.6 Å². The number of aryl methyl sites for hydroxylation is 2. The van der Waals surface area contributed by atoms with Crippen molar-refractivity contribution < 1.29 is 14.3 Å². The maximum absolute atomic E-state index is 12.4. The molecule has 0 radical (unpaired) electrons. The summed E-state index contributed by atoms with van der Waals surface area (Å²) in [6.45, 7) is 4.09. The van der Waals surface area contributed by atoms with E-state index in [1.54, 1.807) is 24.3 Å². The molecule has 0 unspecified atom stereocenters. The molecule has 5 nitrogen and oxygen atoms in total. The largest absolute Gasteiger partial charge is 0.493 e. The minimum atomic E-state index is -0.186. The molecule has 27 heavy (non-hydrogen) atoms. The predicted octanol–water partition coefficient (Wildman–Crippen LogP) is 4.37. The number of anilines is 1. The Kier molecular flexibility index (Phi) is 7.45. The fourth-order valence-corrected chi connectivity index (χ4v) is 2.76. The molecule has 1 amide bonds. The van der Waals surface area contributed by atoms with Crippen LogP contribution in [0.15, 0.2) is 42.5 Å². The van der Waals surface area contributed by atoms with Crippen LogP contribution in [0.4, 0.5) is 5.69 Å². The van der Waals surface area contributed by atoms with Crippen LogP contribution in [0, 0.1) is 11.3 Å². The van der Waals surface area contributed by atoms with Crippen LogP contribution in [0.5, 0.6) is 11.5 Å². The van der Waals surface area contributed by atoms with Crippen molar-refractivity contribution in [2.24, 2.45) is 0 Å². The number of hydrogen-bond donors (Lipinski definition) is 1. The number of methoxy groups -OCH3 is 1. The minimum Gasteiger partial charge on any atom is -0.493 e. The molecule has 1 N–H and O–H groups in total. The lowest BCUT2D eigenvalue weighted by atomic mass is 10.0. The SMILES string of the molecule is CCc1cccc(CC)c1NC(=O)/C=C/c1ccc(OCC#N)c(OC)c1. The predicted molar refractivity (Wildman–Crippen MR) is 107 cm³/mol. The van der Waals surface area contributed by atoms with E-state index in [1.165, 1.54) is 13.2 Å². The summed E-state index contributed by atoms with van der Waals surface area (Å²) in [5.74, 6) is 0.817. The van der Waals surface area contributed by atoms with Gasteiger partial charge in [-0.2, -0.15) is 5.26 Å². The van der Waals surface area contributed by atoms with Crippen molar-refractivity contribution in [1.82, 2.24) is 0 Å². The molecule has 2 rings (SSSR count). The Bertz CT molecular complexity index is 844. The van der Waals surface area contributed by atoms with Crippen LogP contribution in [0.2, 0.25) is 0 Å². The summed E-state index contributed by atoms with van der Waals surface area (Å²) in [4.78, 5) is 12.4. The molecule has 0 aromatic heterocycles. The third-order valence-electron chi connectivity index (χ3n) is 4.15. The van der Waals surface area contributed by atoms with Gasteiger partial charge in [-0.05, 0) is 47.7 Å². The lowest BCUT2D eigenvalue weighted by molar-refractivity contribution is -0.111. The summed E-state index contributed by atoms with van der Waals surface area (Å²) in [5, 5.41) is 11.6. The third kappa shape index (κ3) is 5.35. The fraction of sp³-hybridized carbons (Fsp3) is 0.273. The number of carbonyl (C=O) groups excluding carboxylic acids is 1. The van der Waals surface area contributed by atoms with Crippen molar-refractivity contribution in [2.45, 2.75) is 26.7 Å². The van der Waals surface area contributed by atoms with Crippen LogP contribution in [0.25, 0.3) is 6.08 Å². The van der Waals surface area contributed by atoms with E-state index in [-0.39, 0.29) is 12.5 Å². The van der Waals surface area contributed by atoms with Gasteiger partial charge < -0.3 is 14.8 Å². The Morgan fingerprint density at radius 2 is 1.85 bits per heavy atom. The van der Waals surface area contributed by atoms with Gasteiger partial charge in [0.05, 0.1) is 7.11 Å². The number of nitriles is 1. The first kappa shape index (κ1) is 20.1. The zero-order valence-electron chi connectivity index (χ0n) is 15.9. The van der Waals surface area contributed by atoms with E-state index < -0.39 is 0 Å². The third-order valence-corrected chi connectivity index (χ3v) is 4.15. The maximum atomic E-state index is 12.4. The monoisotopic (exact) mass is 364 g/mol. The molecule has 2 aromatic carbocycles. The highest BCUT2D eigenvalue weighted by Crippen LogP contribution is 2.28. The zero-order chi connectivity index (χ0) is 19.6. The van der Waals surface area contributed by atoms with E-state index >= 15 is 0 Å². The van der Waals surface area contributed by atoms with Gasteiger partial charge in [-0.25, -0.2) is 0 Å². The molecule has 0 bridgehead atoms. The number of hydrogen-bond acceptors (Lipinski definition) is 4. The molecule has 0 heterocycles. The number of para-hydroxylation sites is 1. The van der Waals surface area contributed by atoms with E-state index in [4.69, 9.17) is 14.7 Å². The van der Waals surface area contributed by atoms with Gasteiger partial charge in [0.25, 0.3) is 0 Å². The van der Waals surface area contributed by atoms with E-state index in [2.05, 4.69) is 19.2 Å². The van der Waals surface area contributed by atoms with Crippen molar-refractivity contribution in [3.8, 4) is 17.6 Å². The van der Waals surface area contributed by atoms with E-state index in [9.17, 15) is 4.79 Å². The molecule has 2 aromatic rings. The first-order chi connectivity index (χ1) is 13.1. The highest BCUT2D eigenvalue weighted by atomic mass is 16.5. The molecule has 0 aliphatic heterocycles. The zero-order valence-corrected chi connectivity index (χ0v) is 15.9. The summed E-state index contributed by atoms with van der Waals surface area (Å²) in [7, 11) is 1.53. The van der Waals surface area contributed by atoms with Crippen molar-refractivity contribution in [2.75, 3.05) is 19.0 Å². The number of benzene rings is 2. The van der Waals surface area contributed by atoms with Crippen LogP contribution in [0.1, 0.15) is 30.5 Å². The lowest BCUT2D eigenvalue weighted by Gasteiger charge is -2.13. The molecule has 0 saturated carbocycles. The quantitative estimate of drug-likeness (QED) is 0.706. The van der Waals surface area contributed by atoms with Crippen LogP contribution >= 0.6 is 0 Å². The normalized spacial score (nSPS) is 10.4. The molecule has 0 spiro atoms. The van der Waals surface area contributed by atoms with Crippen molar-refractivity contribution in [1.29, 1.82) is 5.26 Å². The minimum absolute atomic E-state index is 0.0510. The van der Waals surface area contributed by atoms with Gasteiger partial charge in [-0.15, -0.1) is 0 Å². The fourth-order valence-electron chi connectivity index (χ4n) is 2.76. The highest BCUT2D eigenvalue weighted by Gasteiger charge is 2.09. The second-order valence-corrected chi connectivity index (χ2v) is 5.84. The molecule has 5 heteroatoms. The summed E-state index contributed by atoms with van der Waals surface area (Å²) in [5.41, 5.74) is 3.94. The number of amides is 1. The van der Waals surface area contributed by atoms with Crippen molar-refractivity contribution in [3.63, 3.8) is 0 Å². The van der Waals surface area contributed by atoms with Crippen LogP contribution in [0.3, 0.4) is 0 Å². The summed E-state index contributed by atoms with van der Waals surface area (Å²) in [6, 6.07) is 13.3. The Labute approximate surface area is 160 Å². The van der Waals surface area contributed by atoms with Crippen LogP contribution < -0.4 is 14.8 Å². The number of nitrogens with zero attached hydrogens (tertiary/aromatic N) is 1. The molecule has 0 saturated heterocycles. The first-order valence-electron chi connectivity index (χ1n) is 8.90. The van der Waals surface area contributed by atoms with E-state index in [0.29, 0.717) is 11.5 Å². The van der Waals surface area contributed by atoms with Gasteiger partial charge in [0.1, 0.15) is 6.07 Å². The Morgan fingerprint density at radius 3 is 2.44 bits per heavy atom. The second kappa shape index (κ2) is 10.0. The highest BCUT2D eigenvalue weighted by molar-refractivity contribution is 6.02. The Hall–Kier alpha value is -3.26. The van der Waals surface area contributed by atoms with Gasteiger partial charge in [0.15, 0.2) is 18.1 Å². The first-order valence-corrected chi connectivity index (χ1v) is 8.90. The second-order valence-electron chi connectivity index (χ2n) is 5.84. The summed E-state index contributed by atoms with van der Waals surface area (Å²) >= 11 is 0. The van der Waals surface area contributed by atoms with E-state index in [1.807, 2.05) is 24.3 Å². The number of ether oxygens (including phenoxy) is 2. The van der Waals surface area contributed by atoms with Gasteiger partial charge >= 0.3 is 0 Å². The van der Waals surface area contributed by atoms with Gasteiger partial charge in [-0.3, -0.25) is 4.79 Å². The smallest absolute Gasteiger partial charge is 0.248 e. The lowest BCUT2D eigenvalue weighted by Crippen LogP contribution is -2.11. The molecule has 140 valence electrons. The summed E-state index contributed by atoms with van der Waals surface area (Å²) in [6.07, 6.45) is 4.92. The standard InChI is InChI=1S/C22H24N2O3/c1-4-17-7-6-8-18(5-2)22(17)24-21(25)12-10-16-9-11-19(27-14-13-23)20(15-16)26-3/h6-12,15H,4-5,14H2,1-3H3,(H,24,25)/b12-10+.